The maximum Gasteiger partial charge on any atom is 0.0495 e. The quantitative estimate of drug-likeness (QED) is 0.211. The lowest BCUT2D eigenvalue weighted by Crippen LogP contribution is -2.10. The number of anilines is 3. The second-order valence-corrected chi connectivity index (χ2v) is 17.4. The molecule has 5 heteroatoms. The first-order valence-corrected chi connectivity index (χ1v) is 16.8. The molecule has 4 rings (SSSR count). The molecule has 2 heterocycles. The minimum atomic E-state index is 0.209. The number of nitrogens with two attached hydrogens (primary N) is 1. The minimum absolute atomic E-state index is 0.209. The van der Waals surface area contributed by atoms with Crippen LogP contribution in [0.15, 0.2) is 75.9 Å². The lowest BCUT2D eigenvalue weighted by molar-refractivity contribution is 0.590. The number of benzene rings is 2. The number of thiophene rings is 2. The summed E-state index contributed by atoms with van der Waals surface area (Å²) in [6.45, 7) is 26.7. The van der Waals surface area contributed by atoms with Crippen molar-refractivity contribution in [1.29, 1.82) is 0 Å². The highest BCUT2D eigenvalue weighted by molar-refractivity contribution is 9.10. The van der Waals surface area contributed by atoms with Crippen molar-refractivity contribution in [2.24, 2.45) is 0 Å². The lowest BCUT2D eigenvalue weighted by Gasteiger charge is -2.19. The highest BCUT2D eigenvalue weighted by Gasteiger charge is 2.17. The SMILES string of the molecule is CC(C)(C)c1cc(Br)cs1.CC(C)(C)c1ccc(N)cc1.CC(C)(C)c1ccc(Nc2csc(C(C)(C)C)c2)cc1. The fraction of sp³-hybridized carbons (Fsp3) is 0.444. The first kappa shape index (κ1) is 35.1. The van der Waals surface area contributed by atoms with E-state index in [0.717, 1.165) is 11.4 Å². The van der Waals surface area contributed by atoms with Gasteiger partial charge in [-0.1, -0.05) is 107 Å². The van der Waals surface area contributed by atoms with E-state index in [-0.39, 0.29) is 16.2 Å². The molecule has 0 bridgehead atoms. The molecule has 2 aromatic heterocycles. The van der Waals surface area contributed by atoms with E-state index in [4.69, 9.17) is 5.73 Å². The van der Waals surface area contributed by atoms with Gasteiger partial charge in [-0.2, -0.15) is 0 Å². The Bertz CT molecular complexity index is 1340. The smallest absolute Gasteiger partial charge is 0.0495 e. The lowest BCUT2D eigenvalue weighted by atomic mass is 9.87. The molecule has 0 saturated carbocycles. The van der Waals surface area contributed by atoms with Gasteiger partial charge in [-0.25, -0.2) is 0 Å². The van der Waals surface area contributed by atoms with Crippen molar-refractivity contribution < 1.29 is 0 Å². The summed E-state index contributed by atoms with van der Waals surface area (Å²) in [5, 5.41) is 7.80. The molecule has 0 amide bonds. The number of hydrogen-bond acceptors (Lipinski definition) is 4. The summed E-state index contributed by atoms with van der Waals surface area (Å²) in [5.41, 5.74) is 12.4. The summed E-state index contributed by atoms with van der Waals surface area (Å²) in [6, 6.07) is 21.2. The molecule has 0 radical (unpaired) electrons. The number of nitrogens with one attached hydrogen (secondary N) is 1. The van der Waals surface area contributed by atoms with E-state index in [1.165, 1.54) is 31.0 Å². The molecule has 0 spiro atoms. The molecule has 41 heavy (non-hydrogen) atoms. The molecule has 0 saturated heterocycles. The molecular formula is C36H51BrN2S2. The van der Waals surface area contributed by atoms with Crippen LogP contribution in [0.1, 0.15) is 104 Å². The van der Waals surface area contributed by atoms with Gasteiger partial charge in [0.2, 0.25) is 0 Å². The predicted octanol–water partition coefficient (Wildman–Crippen LogP) is 12.5. The summed E-state index contributed by atoms with van der Waals surface area (Å²) in [6.07, 6.45) is 0. The third-order valence-electron chi connectivity index (χ3n) is 6.46. The third-order valence-corrected chi connectivity index (χ3v) is 9.93. The van der Waals surface area contributed by atoms with Crippen LogP contribution in [0.3, 0.4) is 0 Å². The van der Waals surface area contributed by atoms with Gasteiger partial charge < -0.3 is 11.1 Å². The van der Waals surface area contributed by atoms with Crippen molar-refractivity contribution in [3.8, 4) is 0 Å². The van der Waals surface area contributed by atoms with Gasteiger partial charge in [0.05, 0.1) is 0 Å². The van der Waals surface area contributed by atoms with Crippen LogP contribution < -0.4 is 11.1 Å². The number of hydrogen-bond donors (Lipinski definition) is 2. The van der Waals surface area contributed by atoms with Gasteiger partial charge in [0.1, 0.15) is 0 Å². The average molecular weight is 656 g/mol. The van der Waals surface area contributed by atoms with Crippen molar-refractivity contribution in [2.75, 3.05) is 11.1 Å². The second kappa shape index (κ2) is 13.9. The van der Waals surface area contributed by atoms with Crippen LogP contribution >= 0.6 is 38.6 Å². The van der Waals surface area contributed by atoms with Crippen LogP contribution in [0, 0.1) is 0 Å². The van der Waals surface area contributed by atoms with Gasteiger partial charge in [-0.3, -0.25) is 0 Å². The molecule has 0 unspecified atom stereocenters. The van der Waals surface area contributed by atoms with E-state index < -0.39 is 0 Å². The molecule has 0 aliphatic carbocycles. The van der Waals surface area contributed by atoms with E-state index in [1.54, 1.807) is 0 Å². The van der Waals surface area contributed by atoms with Crippen LogP contribution in [-0.4, -0.2) is 0 Å². The number of rotatable bonds is 2. The Morgan fingerprint density at radius 1 is 0.537 bits per heavy atom. The van der Waals surface area contributed by atoms with Crippen molar-refractivity contribution >= 4 is 55.7 Å². The highest BCUT2D eigenvalue weighted by atomic mass is 79.9. The second-order valence-electron chi connectivity index (χ2n) is 14.7. The first-order chi connectivity index (χ1) is 18.7. The van der Waals surface area contributed by atoms with Crippen molar-refractivity contribution in [2.45, 2.75) is 105 Å². The Hall–Kier alpha value is -2.08. The van der Waals surface area contributed by atoms with Crippen LogP contribution in [0.2, 0.25) is 0 Å². The topological polar surface area (TPSA) is 38.0 Å². The summed E-state index contributed by atoms with van der Waals surface area (Å²) in [4.78, 5) is 2.84. The number of halogens is 1. The maximum absolute atomic E-state index is 5.57. The largest absolute Gasteiger partial charge is 0.399 e. The zero-order valence-electron chi connectivity index (χ0n) is 27.2. The number of nitrogen functional groups attached to an aromatic ring is 1. The van der Waals surface area contributed by atoms with E-state index in [0.29, 0.717) is 5.41 Å². The summed E-state index contributed by atoms with van der Waals surface area (Å²) in [7, 11) is 0. The van der Waals surface area contributed by atoms with Gasteiger partial charge in [-0.05, 0) is 85.1 Å². The van der Waals surface area contributed by atoms with Gasteiger partial charge in [-0.15, -0.1) is 22.7 Å². The zero-order chi connectivity index (χ0) is 31.2. The molecule has 2 aromatic carbocycles. The predicted molar refractivity (Wildman–Crippen MR) is 192 cm³/mol. The fourth-order valence-corrected chi connectivity index (χ4v) is 6.15. The van der Waals surface area contributed by atoms with E-state index in [1.807, 2.05) is 34.8 Å². The Kier molecular flexibility index (Phi) is 11.9. The molecule has 0 fully saturated rings. The van der Waals surface area contributed by atoms with E-state index in [2.05, 4.69) is 164 Å². The highest BCUT2D eigenvalue weighted by Crippen LogP contribution is 2.33. The maximum atomic E-state index is 5.57. The molecule has 224 valence electrons. The van der Waals surface area contributed by atoms with Crippen LogP contribution in [0.5, 0.6) is 0 Å². The van der Waals surface area contributed by atoms with Crippen LogP contribution in [0.25, 0.3) is 0 Å². The van der Waals surface area contributed by atoms with Crippen LogP contribution in [-0.2, 0) is 21.7 Å². The average Bonchev–Trinajstić information content (AvgIpc) is 3.49. The molecule has 4 aromatic rings. The summed E-state index contributed by atoms with van der Waals surface area (Å²) < 4.78 is 1.20. The Morgan fingerprint density at radius 3 is 1.29 bits per heavy atom. The Balaban J connectivity index is 0.000000236. The van der Waals surface area contributed by atoms with Gasteiger partial charge in [0.15, 0.2) is 0 Å². The van der Waals surface area contributed by atoms with Crippen molar-refractivity contribution in [1.82, 2.24) is 0 Å². The molecule has 0 aliphatic heterocycles. The van der Waals surface area contributed by atoms with E-state index >= 15 is 0 Å². The fourth-order valence-electron chi connectivity index (χ4n) is 3.70. The molecule has 3 N–H and O–H groups in total. The van der Waals surface area contributed by atoms with Crippen molar-refractivity contribution in [3.05, 3.63) is 96.8 Å². The monoisotopic (exact) mass is 654 g/mol. The molecule has 0 atom stereocenters. The molecular weight excluding hydrogens is 604 g/mol. The standard InChI is InChI=1S/C18H25NS.C10H15N.C8H11BrS/c1-17(2,3)13-7-9-14(10-8-13)19-15-11-16(20-12-15)18(4,5)6;1-10(2,3)8-4-6-9(11)7-5-8;1-8(2,3)7-4-6(9)5-10-7/h7-12,19H,1-6H3;4-7H,11H2,1-3H3;4-5H,1-3H3. The van der Waals surface area contributed by atoms with E-state index in [9.17, 15) is 0 Å². The van der Waals surface area contributed by atoms with Gasteiger partial charge in [0, 0.05) is 42.0 Å². The van der Waals surface area contributed by atoms with Gasteiger partial charge >= 0.3 is 0 Å². The van der Waals surface area contributed by atoms with Crippen molar-refractivity contribution in [3.63, 3.8) is 0 Å². The minimum Gasteiger partial charge on any atom is -0.399 e. The Morgan fingerprint density at radius 2 is 0.951 bits per heavy atom. The zero-order valence-corrected chi connectivity index (χ0v) is 30.4. The van der Waals surface area contributed by atoms with Gasteiger partial charge in [0.25, 0.3) is 0 Å². The normalized spacial score (nSPS) is 12.1. The Labute approximate surface area is 266 Å². The van der Waals surface area contributed by atoms with Crippen LogP contribution in [0.4, 0.5) is 17.1 Å². The molecule has 0 aliphatic rings. The first-order valence-electron chi connectivity index (χ1n) is 14.2. The summed E-state index contributed by atoms with van der Waals surface area (Å²) in [5.74, 6) is 0. The summed E-state index contributed by atoms with van der Waals surface area (Å²) >= 11 is 7.07. The molecule has 2 nitrogen and oxygen atoms in total. The third kappa shape index (κ3) is 12.0.